The van der Waals surface area contributed by atoms with E-state index in [9.17, 15) is 0 Å². The summed E-state index contributed by atoms with van der Waals surface area (Å²) in [7, 11) is 0. The van der Waals surface area contributed by atoms with Gasteiger partial charge in [-0.05, 0) is 140 Å². The summed E-state index contributed by atoms with van der Waals surface area (Å²) >= 11 is 0. The number of aromatic nitrogens is 2. The van der Waals surface area contributed by atoms with Gasteiger partial charge in [-0.1, -0.05) is 146 Å². The zero-order valence-corrected chi connectivity index (χ0v) is 33.8. The number of benzene rings is 9. The second kappa shape index (κ2) is 13.2. The van der Waals surface area contributed by atoms with Crippen molar-refractivity contribution < 1.29 is 0 Å². The van der Waals surface area contributed by atoms with Gasteiger partial charge in [0.05, 0.1) is 22.1 Å². The van der Waals surface area contributed by atoms with Crippen molar-refractivity contribution in [3.05, 3.63) is 212 Å². The second-order valence-electron chi connectivity index (χ2n) is 17.0. The van der Waals surface area contributed by atoms with Crippen LogP contribution in [0.5, 0.6) is 0 Å². The van der Waals surface area contributed by atoms with Crippen LogP contribution in [0.25, 0.3) is 116 Å². The van der Waals surface area contributed by atoms with Crippen LogP contribution in [0, 0.1) is 5.92 Å². The highest BCUT2D eigenvalue weighted by Crippen LogP contribution is 2.49. The molecule has 1 atom stereocenters. The van der Waals surface area contributed by atoms with E-state index in [0.29, 0.717) is 5.92 Å². The minimum Gasteiger partial charge on any atom is -0.309 e. The number of hydrogen-bond donors (Lipinski definition) is 0. The maximum atomic E-state index is 2.57. The molecule has 2 nitrogen and oxygen atoms in total. The van der Waals surface area contributed by atoms with Crippen LogP contribution in [0.4, 0.5) is 0 Å². The van der Waals surface area contributed by atoms with E-state index in [1.54, 1.807) is 0 Å². The lowest BCUT2D eigenvalue weighted by Crippen LogP contribution is -2.05. The van der Waals surface area contributed by atoms with Crippen molar-refractivity contribution >= 4 is 65.7 Å². The maximum Gasteiger partial charge on any atom is 0.0619 e. The molecule has 0 bridgehead atoms. The first-order valence-corrected chi connectivity index (χ1v) is 21.5. The van der Waals surface area contributed by atoms with E-state index in [1.807, 2.05) is 0 Å². The number of allylic oxidation sites excluding steroid dienone is 4. The van der Waals surface area contributed by atoms with Crippen LogP contribution in [-0.2, 0) is 0 Å². The molecular weight excluding hydrogens is 737 g/mol. The Balaban J connectivity index is 1.01. The van der Waals surface area contributed by atoms with Crippen LogP contribution in [0.1, 0.15) is 18.9 Å². The Kier molecular flexibility index (Phi) is 7.38. The lowest BCUT2D eigenvalue weighted by molar-refractivity contribution is 0.748. The minimum atomic E-state index is 0.475. The monoisotopic (exact) mass is 776 g/mol. The molecule has 0 spiro atoms. The van der Waals surface area contributed by atoms with Gasteiger partial charge in [0.15, 0.2) is 0 Å². The zero-order valence-electron chi connectivity index (χ0n) is 33.8. The van der Waals surface area contributed by atoms with Gasteiger partial charge in [-0.2, -0.15) is 0 Å². The molecule has 2 aromatic heterocycles. The van der Waals surface area contributed by atoms with Gasteiger partial charge in [-0.3, -0.25) is 0 Å². The third kappa shape index (κ3) is 5.22. The number of fused-ring (bicyclic) bond motifs is 11. The highest BCUT2D eigenvalue weighted by molar-refractivity contribution is 6.20. The molecule has 13 rings (SSSR count). The van der Waals surface area contributed by atoms with Crippen molar-refractivity contribution in [2.45, 2.75) is 13.3 Å². The van der Waals surface area contributed by atoms with Crippen molar-refractivity contribution in [1.29, 1.82) is 0 Å². The average molecular weight is 777 g/mol. The highest BCUT2D eigenvalue weighted by atomic mass is 15.0. The first-order chi connectivity index (χ1) is 30.1. The fraction of sp³-hybridized carbons (Fsp3) is 0.0508. The van der Waals surface area contributed by atoms with Gasteiger partial charge >= 0.3 is 0 Å². The Hall–Kier alpha value is -7.68. The predicted octanol–water partition coefficient (Wildman–Crippen LogP) is 16.0. The molecule has 1 aliphatic heterocycles. The van der Waals surface area contributed by atoms with Gasteiger partial charge in [0, 0.05) is 38.5 Å². The molecule has 286 valence electrons. The fourth-order valence-electron chi connectivity index (χ4n) is 10.5. The Morgan fingerprint density at radius 1 is 0.393 bits per heavy atom. The van der Waals surface area contributed by atoms with E-state index in [4.69, 9.17) is 0 Å². The molecule has 9 aromatic carbocycles. The van der Waals surface area contributed by atoms with Gasteiger partial charge in [0.2, 0.25) is 0 Å². The zero-order chi connectivity index (χ0) is 40.2. The first-order valence-electron chi connectivity index (χ1n) is 21.5. The van der Waals surface area contributed by atoms with Gasteiger partial charge in [0.25, 0.3) is 0 Å². The standard InChI is InChI=1S/C59H40N2/c1-37-23-26-57-52(29-37)51-34-41-18-9-8-17-40(41)33-50(51)48-20-12-21-49-54-36-43(25-28-58(54)61(57)59(48)49)42-24-27-56-53(35-42)47-19-10-11-22-55(47)60(56)46-31-44(38-13-4-2-5-14-38)30-45(32-46)39-15-6-3-7-16-39/h2-28,30-37H,29H2,1H3. The van der Waals surface area contributed by atoms with Crippen LogP contribution in [0.3, 0.4) is 0 Å². The molecule has 1 unspecified atom stereocenters. The van der Waals surface area contributed by atoms with Crippen molar-refractivity contribution in [2.24, 2.45) is 5.92 Å². The molecule has 2 heteroatoms. The summed E-state index contributed by atoms with van der Waals surface area (Å²) in [5, 5.41) is 7.65. The van der Waals surface area contributed by atoms with Gasteiger partial charge < -0.3 is 9.13 Å². The summed E-state index contributed by atoms with van der Waals surface area (Å²) in [5.41, 5.74) is 20.1. The number of rotatable bonds is 4. The Morgan fingerprint density at radius 2 is 0.967 bits per heavy atom. The van der Waals surface area contributed by atoms with Crippen LogP contribution >= 0.6 is 0 Å². The fourth-order valence-corrected chi connectivity index (χ4v) is 10.5. The smallest absolute Gasteiger partial charge is 0.0619 e. The number of para-hydroxylation sites is 2. The SMILES string of the molecule is CC1C=CC2=C(C1)c1cc3ccccc3cc1-c1cccc3c4cc(-c5ccc6c(c5)c5ccccc5n6-c5cc(-c6ccccc6)cc(-c6ccccc6)c5)ccc4n2c13. The Morgan fingerprint density at radius 3 is 1.67 bits per heavy atom. The van der Waals surface area contributed by atoms with Crippen molar-refractivity contribution in [3.63, 3.8) is 0 Å². The molecule has 3 heterocycles. The Labute approximate surface area is 354 Å². The first kappa shape index (κ1) is 34.2. The molecule has 0 saturated heterocycles. The summed E-state index contributed by atoms with van der Waals surface area (Å²) < 4.78 is 5.02. The molecular formula is C59H40N2. The third-order valence-corrected chi connectivity index (χ3v) is 13.3. The van der Waals surface area contributed by atoms with Gasteiger partial charge in [-0.15, -0.1) is 0 Å². The second-order valence-corrected chi connectivity index (χ2v) is 17.0. The van der Waals surface area contributed by atoms with Crippen LogP contribution < -0.4 is 0 Å². The number of nitrogens with zero attached hydrogens (tertiary/aromatic N) is 2. The summed E-state index contributed by atoms with van der Waals surface area (Å²) in [5.74, 6) is 0.475. The summed E-state index contributed by atoms with van der Waals surface area (Å²) in [6.45, 7) is 2.34. The molecule has 0 fully saturated rings. The van der Waals surface area contributed by atoms with E-state index in [2.05, 4.69) is 222 Å². The average Bonchev–Trinajstić information content (AvgIpc) is 3.80. The predicted molar refractivity (Wildman–Crippen MR) is 259 cm³/mol. The third-order valence-electron chi connectivity index (χ3n) is 13.3. The van der Waals surface area contributed by atoms with Crippen molar-refractivity contribution in [2.75, 3.05) is 0 Å². The summed E-state index contributed by atoms with van der Waals surface area (Å²) in [4.78, 5) is 0. The van der Waals surface area contributed by atoms with Gasteiger partial charge in [-0.25, -0.2) is 0 Å². The lowest BCUT2D eigenvalue weighted by Gasteiger charge is -2.22. The molecule has 2 aliphatic rings. The van der Waals surface area contributed by atoms with Crippen LogP contribution in [0.2, 0.25) is 0 Å². The molecule has 0 N–H and O–H groups in total. The van der Waals surface area contributed by atoms with E-state index in [1.165, 1.54) is 116 Å². The van der Waals surface area contributed by atoms with Crippen molar-refractivity contribution in [3.8, 4) is 50.2 Å². The lowest BCUT2D eigenvalue weighted by atomic mass is 9.84. The van der Waals surface area contributed by atoms with E-state index >= 15 is 0 Å². The van der Waals surface area contributed by atoms with E-state index in [0.717, 1.165) is 12.1 Å². The van der Waals surface area contributed by atoms with Crippen LogP contribution in [-0.4, -0.2) is 9.13 Å². The number of hydrogen-bond acceptors (Lipinski definition) is 0. The molecule has 0 saturated carbocycles. The van der Waals surface area contributed by atoms with Crippen LogP contribution in [0.15, 0.2) is 206 Å². The largest absolute Gasteiger partial charge is 0.309 e. The normalized spacial score (nSPS) is 14.6. The summed E-state index contributed by atoms with van der Waals surface area (Å²) in [6.07, 6.45) is 5.80. The van der Waals surface area contributed by atoms with E-state index in [-0.39, 0.29) is 0 Å². The summed E-state index contributed by atoms with van der Waals surface area (Å²) in [6, 6.07) is 72.2. The Bertz CT molecular complexity index is 3610. The quantitative estimate of drug-likeness (QED) is 0.168. The van der Waals surface area contributed by atoms with Crippen molar-refractivity contribution in [1.82, 2.24) is 9.13 Å². The minimum absolute atomic E-state index is 0.475. The van der Waals surface area contributed by atoms with Gasteiger partial charge in [0.1, 0.15) is 0 Å². The molecule has 0 amide bonds. The molecule has 1 aliphatic carbocycles. The molecule has 61 heavy (non-hydrogen) atoms. The van der Waals surface area contributed by atoms with E-state index < -0.39 is 0 Å². The molecule has 0 radical (unpaired) electrons. The topological polar surface area (TPSA) is 9.86 Å². The molecule has 11 aromatic rings. The highest BCUT2D eigenvalue weighted by Gasteiger charge is 2.28. The maximum absolute atomic E-state index is 2.57.